The molecule has 19 heavy (non-hydrogen) atoms. The Morgan fingerprint density at radius 3 is 2.74 bits per heavy atom. The zero-order chi connectivity index (χ0) is 14.3. The first-order valence-corrected chi connectivity index (χ1v) is 8.51. The van der Waals surface area contributed by atoms with Gasteiger partial charge in [0.15, 0.2) is 0 Å². The minimum Gasteiger partial charge on any atom is -0.376 e. The summed E-state index contributed by atoms with van der Waals surface area (Å²) in [5, 5.41) is 0.192. The van der Waals surface area contributed by atoms with Crippen molar-refractivity contribution in [3.8, 4) is 0 Å². The fourth-order valence-electron chi connectivity index (χ4n) is 2.07. The number of hydrogen-bond acceptors (Lipinski definition) is 3. The molecule has 1 saturated heterocycles. The molecule has 1 aliphatic rings. The summed E-state index contributed by atoms with van der Waals surface area (Å²) in [7, 11) is -3.71. The molecule has 7 heteroatoms. The van der Waals surface area contributed by atoms with Gasteiger partial charge in [-0.15, -0.1) is 0 Å². The molecule has 0 amide bonds. The number of halogens is 2. The SMILES string of the molecule is CC1OCCC1(C)NS(=O)(=O)c1c(Cl)cccc1Br. The average Bonchev–Trinajstić information content (AvgIpc) is 2.57. The third-order valence-electron chi connectivity index (χ3n) is 3.44. The van der Waals surface area contributed by atoms with Crippen LogP contribution in [0, 0.1) is 0 Å². The molecule has 0 bridgehead atoms. The van der Waals surface area contributed by atoms with E-state index in [9.17, 15) is 8.42 Å². The standard InChI is InChI=1S/C12H15BrClNO3S/c1-8-12(2,6-7-18-8)15-19(16,17)11-9(13)4-3-5-10(11)14/h3-5,8,15H,6-7H2,1-2H3. The van der Waals surface area contributed by atoms with Crippen molar-refractivity contribution in [1.82, 2.24) is 4.72 Å². The van der Waals surface area contributed by atoms with E-state index >= 15 is 0 Å². The molecule has 4 nitrogen and oxygen atoms in total. The van der Waals surface area contributed by atoms with Crippen LogP contribution < -0.4 is 4.72 Å². The molecular formula is C12H15BrClNO3S. The van der Waals surface area contributed by atoms with Crippen molar-refractivity contribution in [1.29, 1.82) is 0 Å². The summed E-state index contributed by atoms with van der Waals surface area (Å²) in [6.07, 6.45) is 0.457. The van der Waals surface area contributed by atoms with Gasteiger partial charge in [-0.1, -0.05) is 17.7 Å². The van der Waals surface area contributed by atoms with Crippen LogP contribution >= 0.6 is 27.5 Å². The van der Waals surface area contributed by atoms with E-state index in [1.54, 1.807) is 18.2 Å². The third-order valence-corrected chi connectivity index (χ3v) is 6.50. The lowest BCUT2D eigenvalue weighted by molar-refractivity contribution is 0.0957. The van der Waals surface area contributed by atoms with E-state index < -0.39 is 15.6 Å². The summed E-state index contributed by atoms with van der Waals surface area (Å²) < 4.78 is 33.6. The Morgan fingerprint density at radius 2 is 2.21 bits per heavy atom. The van der Waals surface area contributed by atoms with E-state index in [1.807, 2.05) is 13.8 Å². The van der Waals surface area contributed by atoms with Crippen molar-refractivity contribution < 1.29 is 13.2 Å². The van der Waals surface area contributed by atoms with Gasteiger partial charge in [-0.25, -0.2) is 13.1 Å². The zero-order valence-electron chi connectivity index (χ0n) is 10.6. The molecule has 1 heterocycles. The molecule has 1 aliphatic heterocycles. The minimum atomic E-state index is -3.71. The average molecular weight is 369 g/mol. The van der Waals surface area contributed by atoms with Gasteiger partial charge in [-0.2, -0.15) is 0 Å². The molecule has 1 aromatic rings. The topological polar surface area (TPSA) is 55.4 Å². The van der Waals surface area contributed by atoms with Crippen molar-refractivity contribution >= 4 is 37.6 Å². The minimum absolute atomic E-state index is 0.0667. The molecule has 0 aromatic heterocycles. The maximum absolute atomic E-state index is 12.5. The van der Waals surface area contributed by atoms with Crippen LogP contribution in [0.3, 0.4) is 0 Å². The molecule has 1 N–H and O–H groups in total. The van der Waals surface area contributed by atoms with Crippen LogP contribution in [0.15, 0.2) is 27.6 Å². The smallest absolute Gasteiger partial charge is 0.243 e. The lowest BCUT2D eigenvalue weighted by Gasteiger charge is -2.28. The fraction of sp³-hybridized carbons (Fsp3) is 0.500. The molecule has 2 atom stereocenters. The fourth-order valence-corrected chi connectivity index (χ4v) is 5.30. The Bertz CT molecular complexity index is 572. The molecular weight excluding hydrogens is 354 g/mol. The van der Waals surface area contributed by atoms with E-state index in [2.05, 4.69) is 20.7 Å². The highest BCUT2D eigenvalue weighted by Gasteiger charge is 2.41. The monoisotopic (exact) mass is 367 g/mol. The van der Waals surface area contributed by atoms with Gasteiger partial charge in [-0.05, 0) is 48.3 Å². The van der Waals surface area contributed by atoms with E-state index in [4.69, 9.17) is 16.3 Å². The van der Waals surface area contributed by atoms with Crippen molar-refractivity contribution in [2.75, 3.05) is 6.61 Å². The summed E-state index contributed by atoms with van der Waals surface area (Å²) >= 11 is 9.23. The van der Waals surface area contributed by atoms with Crippen LogP contribution in [0.4, 0.5) is 0 Å². The third kappa shape index (κ3) is 2.97. The summed E-state index contributed by atoms with van der Waals surface area (Å²) in [5.74, 6) is 0. The second kappa shape index (κ2) is 5.33. The highest BCUT2D eigenvalue weighted by Crippen LogP contribution is 2.32. The molecule has 0 aliphatic carbocycles. The van der Waals surface area contributed by atoms with Crippen molar-refractivity contribution in [2.24, 2.45) is 0 Å². The number of rotatable bonds is 3. The Kier molecular flexibility index (Phi) is 4.28. The number of hydrogen-bond donors (Lipinski definition) is 1. The first-order chi connectivity index (χ1) is 8.76. The predicted molar refractivity (Wildman–Crippen MR) is 77.9 cm³/mol. The van der Waals surface area contributed by atoms with Gasteiger partial charge in [0.05, 0.1) is 16.7 Å². The van der Waals surface area contributed by atoms with Crippen LogP contribution in [0.2, 0.25) is 5.02 Å². The van der Waals surface area contributed by atoms with Crippen LogP contribution in [0.5, 0.6) is 0 Å². The van der Waals surface area contributed by atoms with Crippen LogP contribution in [-0.2, 0) is 14.8 Å². The number of benzene rings is 1. The summed E-state index contributed by atoms with van der Waals surface area (Å²) in [5.41, 5.74) is -0.614. The normalized spacial score (nSPS) is 27.7. The van der Waals surface area contributed by atoms with E-state index in [0.29, 0.717) is 17.5 Å². The first-order valence-electron chi connectivity index (χ1n) is 5.86. The molecule has 106 valence electrons. The predicted octanol–water partition coefficient (Wildman–Crippen LogP) is 2.95. The molecule has 2 unspecified atom stereocenters. The van der Waals surface area contributed by atoms with E-state index in [1.165, 1.54) is 0 Å². The number of ether oxygens (including phenoxy) is 1. The van der Waals surface area contributed by atoms with Gasteiger partial charge in [0.2, 0.25) is 10.0 Å². The van der Waals surface area contributed by atoms with E-state index in [0.717, 1.165) is 0 Å². The van der Waals surface area contributed by atoms with Gasteiger partial charge in [0.1, 0.15) is 4.90 Å². The molecule has 0 radical (unpaired) electrons. The maximum atomic E-state index is 12.5. The number of sulfonamides is 1. The van der Waals surface area contributed by atoms with Gasteiger partial charge in [0.25, 0.3) is 0 Å². The second-order valence-electron chi connectivity index (χ2n) is 4.84. The quantitative estimate of drug-likeness (QED) is 0.892. The Balaban J connectivity index is 2.39. The lowest BCUT2D eigenvalue weighted by atomic mass is 9.97. The highest BCUT2D eigenvalue weighted by molar-refractivity contribution is 9.10. The first kappa shape index (κ1) is 15.3. The van der Waals surface area contributed by atoms with Gasteiger partial charge in [-0.3, -0.25) is 0 Å². The van der Waals surface area contributed by atoms with Crippen molar-refractivity contribution in [3.63, 3.8) is 0 Å². The van der Waals surface area contributed by atoms with Crippen LogP contribution in [0.1, 0.15) is 20.3 Å². The molecule has 0 saturated carbocycles. The van der Waals surface area contributed by atoms with Crippen LogP contribution in [-0.4, -0.2) is 26.7 Å². The van der Waals surface area contributed by atoms with E-state index in [-0.39, 0.29) is 16.0 Å². The largest absolute Gasteiger partial charge is 0.376 e. The Hall–Kier alpha value is -0.140. The van der Waals surface area contributed by atoms with Gasteiger partial charge in [0, 0.05) is 11.1 Å². The summed E-state index contributed by atoms with van der Waals surface area (Å²) in [6, 6.07) is 4.89. The van der Waals surface area contributed by atoms with Crippen molar-refractivity contribution in [3.05, 3.63) is 27.7 Å². The Morgan fingerprint density at radius 1 is 1.53 bits per heavy atom. The maximum Gasteiger partial charge on any atom is 0.243 e. The zero-order valence-corrected chi connectivity index (χ0v) is 13.8. The van der Waals surface area contributed by atoms with Gasteiger partial charge < -0.3 is 4.74 Å². The lowest BCUT2D eigenvalue weighted by Crippen LogP contribution is -2.50. The molecule has 1 aromatic carbocycles. The number of nitrogens with one attached hydrogen (secondary N) is 1. The Labute approximate surface area is 126 Å². The highest BCUT2D eigenvalue weighted by atomic mass is 79.9. The van der Waals surface area contributed by atoms with Crippen molar-refractivity contribution in [2.45, 2.75) is 36.8 Å². The van der Waals surface area contributed by atoms with Crippen LogP contribution in [0.25, 0.3) is 0 Å². The molecule has 2 rings (SSSR count). The summed E-state index contributed by atoms with van der Waals surface area (Å²) in [4.78, 5) is 0.0667. The second-order valence-corrected chi connectivity index (χ2v) is 7.72. The summed E-state index contributed by atoms with van der Waals surface area (Å²) in [6.45, 7) is 4.24. The molecule has 1 fully saturated rings. The van der Waals surface area contributed by atoms with Gasteiger partial charge >= 0.3 is 0 Å². The molecule has 0 spiro atoms.